The number of aromatic nitrogens is 1. The van der Waals surface area contributed by atoms with Crippen molar-refractivity contribution in [3.8, 4) is 0 Å². The van der Waals surface area contributed by atoms with E-state index in [1.54, 1.807) is 18.2 Å². The Morgan fingerprint density at radius 3 is 2.52 bits per heavy atom. The lowest BCUT2D eigenvalue weighted by atomic mass is 10.2. The van der Waals surface area contributed by atoms with E-state index in [9.17, 15) is 4.79 Å². The highest BCUT2D eigenvalue weighted by Crippen LogP contribution is 2.38. The average molecular weight is 482 g/mol. The van der Waals surface area contributed by atoms with Gasteiger partial charge in [0.1, 0.15) is 17.0 Å². The molecule has 0 N–H and O–H groups in total. The van der Waals surface area contributed by atoms with Crippen LogP contribution in [0.5, 0.6) is 0 Å². The Morgan fingerprint density at radius 1 is 1.00 bits per heavy atom. The number of aliphatic imine (C=N–C) groups is 1. The molecule has 31 heavy (non-hydrogen) atoms. The summed E-state index contributed by atoms with van der Waals surface area (Å²) in [4.78, 5) is 25.0. The third kappa shape index (κ3) is 3.77. The van der Waals surface area contributed by atoms with Crippen molar-refractivity contribution < 1.29 is 4.79 Å². The molecule has 0 radical (unpaired) electrons. The minimum absolute atomic E-state index is 0.267. The Morgan fingerprint density at radius 2 is 1.74 bits per heavy atom. The molecule has 0 aliphatic carbocycles. The second kappa shape index (κ2) is 8.13. The van der Waals surface area contributed by atoms with Crippen molar-refractivity contribution in [3.05, 3.63) is 93.6 Å². The molecule has 0 spiro atoms. The normalized spacial score (nSPS) is 15.2. The molecule has 1 amide bonds. The maximum absolute atomic E-state index is 13.5. The first-order chi connectivity index (χ1) is 15.0. The van der Waals surface area contributed by atoms with E-state index < -0.39 is 0 Å². The zero-order valence-corrected chi connectivity index (χ0v) is 19.0. The van der Waals surface area contributed by atoms with Crippen LogP contribution in [0.15, 0.2) is 82.3 Å². The molecule has 8 heteroatoms. The Hall–Kier alpha value is -2.64. The van der Waals surface area contributed by atoms with Crippen LogP contribution in [0.25, 0.3) is 16.3 Å². The van der Waals surface area contributed by atoms with E-state index in [2.05, 4.69) is 22.6 Å². The molecule has 1 aliphatic heterocycles. The lowest BCUT2D eigenvalue weighted by Crippen LogP contribution is -2.32. The summed E-state index contributed by atoms with van der Waals surface area (Å²) >= 11 is 18.3. The monoisotopic (exact) mass is 481 g/mol. The van der Waals surface area contributed by atoms with Gasteiger partial charge in [-0.05, 0) is 29.8 Å². The number of rotatable bonds is 3. The molecule has 0 saturated carbocycles. The molecule has 1 aliphatic rings. The molecule has 152 valence electrons. The number of hydrogen-bond acceptors (Lipinski definition) is 5. The van der Waals surface area contributed by atoms with Gasteiger partial charge in [-0.1, -0.05) is 83.1 Å². The summed E-state index contributed by atoms with van der Waals surface area (Å²) < 4.78 is 0.797. The minimum Gasteiger partial charge on any atom is -0.266 e. The lowest BCUT2D eigenvalue weighted by Gasteiger charge is -2.14. The summed E-state index contributed by atoms with van der Waals surface area (Å²) in [6.07, 6.45) is 1.74. The molecule has 0 bridgehead atoms. The van der Waals surface area contributed by atoms with Crippen molar-refractivity contribution in [2.45, 2.75) is 4.90 Å². The second-order valence-electron chi connectivity index (χ2n) is 6.76. The molecule has 0 unspecified atom stereocenters. The van der Waals surface area contributed by atoms with Crippen LogP contribution < -0.4 is 4.90 Å². The molecular weight excluding hydrogens is 469 g/mol. The van der Waals surface area contributed by atoms with Crippen molar-refractivity contribution in [2.24, 2.45) is 4.99 Å². The van der Waals surface area contributed by atoms with Crippen molar-refractivity contribution in [2.75, 3.05) is 4.90 Å². The second-order valence-corrected chi connectivity index (χ2v) is 9.10. The van der Waals surface area contributed by atoms with Gasteiger partial charge in [-0.25, -0.2) is 14.9 Å². The molecule has 0 atom stereocenters. The Balaban J connectivity index is 1.67. The highest BCUT2D eigenvalue weighted by atomic mass is 35.5. The first kappa shape index (κ1) is 20.3. The summed E-state index contributed by atoms with van der Waals surface area (Å²) in [7, 11) is 0. The summed E-state index contributed by atoms with van der Waals surface area (Å²) in [5.74, 6) is 0.242. The number of amides is 1. The summed E-state index contributed by atoms with van der Waals surface area (Å²) in [5.41, 5.74) is 2.53. The molecule has 3 aromatic carbocycles. The number of benzene rings is 3. The number of halogens is 2. The van der Waals surface area contributed by atoms with Gasteiger partial charge in [0.25, 0.3) is 5.91 Å². The van der Waals surface area contributed by atoms with Gasteiger partial charge in [0, 0.05) is 15.5 Å². The van der Waals surface area contributed by atoms with Gasteiger partial charge < -0.3 is 0 Å². The highest BCUT2D eigenvalue weighted by molar-refractivity contribution is 7.80. The summed E-state index contributed by atoms with van der Waals surface area (Å²) in [6.45, 7) is 0. The van der Waals surface area contributed by atoms with Gasteiger partial charge >= 0.3 is 0 Å². The molecule has 4 nitrogen and oxygen atoms in total. The van der Waals surface area contributed by atoms with E-state index in [1.807, 2.05) is 54.6 Å². The molecule has 0 saturated heterocycles. The van der Waals surface area contributed by atoms with Gasteiger partial charge in [0.15, 0.2) is 5.13 Å². The molecule has 1 aromatic heterocycles. The van der Waals surface area contributed by atoms with Crippen LogP contribution in [0.1, 0.15) is 11.1 Å². The van der Waals surface area contributed by atoms with Crippen LogP contribution in [-0.4, -0.2) is 16.7 Å². The zero-order valence-electron chi connectivity index (χ0n) is 15.8. The number of amidine groups is 1. The maximum atomic E-state index is 13.5. The van der Waals surface area contributed by atoms with Gasteiger partial charge in [0.05, 0.1) is 9.72 Å². The molecule has 2 heterocycles. The Kier molecular flexibility index (Phi) is 5.32. The molecule has 0 fully saturated rings. The number of carbonyl (C=O) groups excluding carboxylic acids is 1. The van der Waals surface area contributed by atoms with Crippen molar-refractivity contribution in [3.63, 3.8) is 0 Å². The zero-order chi connectivity index (χ0) is 21.5. The smallest absolute Gasteiger partial charge is 0.266 e. The van der Waals surface area contributed by atoms with Crippen molar-refractivity contribution in [1.29, 1.82) is 0 Å². The molecule has 5 rings (SSSR count). The summed E-state index contributed by atoms with van der Waals surface area (Å²) in [6, 6.07) is 20.5. The predicted molar refractivity (Wildman–Crippen MR) is 132 cm³/mol. The average Bonchev–Trinajstić information content (AvgIpc) is 3.31. The van der Waals surface area contributed by atoms with Crippen LogP contribution >= 0.6 is 47.2 Å². The fourth-order valence-electron chi connectivity index (χ4n) is 3.27. The first-order valence-electron chi connectivity index (χ1n) is 9.25. The van der Waals surface area contributed by atoms with Crippen LogP contribution in [0.3, 0.4) is 0 Å². The topological polar surface area (TPSA) is 45.6 Å². The van der Waals surface area contributed by atoms with Crippen molar-refractivity contribution in [1.82, 2.24) is 4.98 Å². The van der Waals surface area contributed by atoms with E-state index in [0.29, 0.717) is 32.2 Å². The molecule has 4 aromatic rings. The van der Waals surface area contributed by atoms with Gasteiger partial charge in [-0.15, -0.1) is 12.6 Å². The van der Waals surface area contributed by atoms with E-state index in [1.165, 1.54) is 16.2 Å². The number of anilines is 1. The fraction of sp³-hybridized carbons (Fsp3) is 0. The fourth-order valence-corrected chi connectivity index (χ4v) is 5.19. The summed E-state index contributed by atoms with van der Waals surface area (Å²) in [5, 5.41) is 1.44. The number of thiazole rings is 1. The van der Waals surface area contributed by atoms with E-state index >= 15 is 0 Å². The maximum Gasteiger partial charge on any atom is 0.284 e. The number of thiol groups is 1. The van der Waals surface area contributed by atoms with E-state index in [-0.39, 0.29) is 5.91 Å². The SMILES string of the molecule is O=C1/C(=C/c2ccccc2S)N=C(c2ccccc2)N1c1nc2c(Cl)cc(Cl)cc2s1. The number of fused-ring (bicyclic) bond motifs is 1. The standard InChI is InChI=1S/C23H13Cl2N3OS2/c24-15-11-16(25)20-19(12-15)31-23(27-20)28-21(13-6-2-1-3-7-13)26-17(22(28)29)10-14-8-4-5-9-18(14)30/h1-12,30H/b17-10-. The predicted octanol–water partition coefficient (Wildman–Crippen LogP) is 6.73. The Bertz CT molecular complexity index is 1400. The highest BCUT2D eigenvalue weighted by Gasteiger charge is 2.34. The van der Waals surface area contributed by atoms with Crippen LogP contribution in [-0.2, 0) is 4.79 Å². The van der Waals surface area contributed by atoms with Gasteiger partial charge in [-0.3, -0.25) is 4.79 Å². The number of hydrogen-bond donors (Lipinski definition) is 1. The largest absolute Gasteiger partial charge is 0.284 e. The van der Waals surface area contributed by atoms with Gasteiger partial charge in [-0.2, -0.15) is 0 Å². The van der Waals surface area contributed by atoms with Crippen LogP contribution in [0.2, 0.25) is 10.0 Å². The first-order valence-corrected chi connectivity index (χ1v) is 11.3. The van der Waals surface area contributed by atoms with E-state index in [4.69, 9.17) is 23.2 Å². The van der Waals surface area contributed by atoms with Gasteiger partial charge in [0.2, 0.25) is 0 Å². The van der Waals surface area contributed by atoms with Crippen molar-refractivity contribution >= 4 is 80.3 Å². The third-order valence-corrected chi connectivity index (χ3v) is 6.62. The van der Waals surface area contributed by atoms with E-state index in [0.717, 1.165) is 20.7 Å². The lowest BCUT2D eigenvalue weighted by molar-refractivity contribution is -0.113. The van der Waals surface area contributed by atoms with Crippen LogP contribution in [0, 0.1) is 0 Å². The van der Waals surface area contributed by atoms with Crippen LogP contribution in [0.4, 0.5) is 5.13 Å². The third-order valence-electron chi connectivity index (χ3n) is 4.71. The minimum atomic E-state index is -0.267. The quantitative estimate of drug-likeness (QED) is 0.260. The Labute approximate surface area is 197 Å². The number of nitrogens with zero attached hydrogens (tertiary/aromatic N) is 3. The molecular formula is C23H13Cl2N3OS2. The number of carbonyl (C=O) groups is 1.